The molecule has 3 rings (SSSR count). The molecule has 1 aromatic heterocycles. The van der Waals surface area contributed by atoms with Crippen molar-refractivity contribution in [3.05, 3.63) is 11.6 Å². The lowest BCUT2D eigenvalue weighted by atomic mass is 10.00. The smallest absolute Gasteiger partial charge is 0.217 e. The van der Waals surface area contributed by atoms with Crippen LogP contribution in [0.15, 0.2) is 4.99 Å². The van der Waals surface area contributed by atoms with Crippen LogP contribution in [0.25, 0.3) is 0 Å². The first kappa shape index (κ1) is 12.6. The molecule has 6 nitrogen and oxygen atoms in total. The fraction of sp³-hybridized carbons (Fsp3) is 0.769. The summed E-state index contributed by atoms with van der Waals surface area (Å²) in [4.78, 5) is 4.52. The van der Waals surface area contributed by atoms with Gasteiger partial charge in [0.05, 0.1) is 11.8 Å². The van der Waals surface area contributed by atoms with Gasteiger partial charge in [0, 0.05) is 6.54 Å². The number of piperidine rings is 1. The van der Waals surface area contributed by atoms with Gasteiger partial charge in [0.1, 0.15) is 0 Å². The molecule has 2 unspecified atom stereocenters. The number of hydrogen-bond acceptors (Lipinski definition) is 6. The minimum atomic E-state index is 0.219. The van der Waals surface area contributed by atoms with Gasteiger partial charge in [-0.05, 0) is 38.1 Å². The molecule has 0 saturated carbocycles. The Morgan fingerprint density at radius 2 is 1.89 bits per heavy atom. The normalized spacial score (nSPS) is 27.9. The van der Waals surface area contributed by atoms with Gasteiger partial charge in [0.25, 0.3) is 0 Å². The highest BCUT2D eigenvalue weighted by molar-refractivity contribution is 5.97. The van der Waals surface area contributed by atoms with Gasteiger partial charge in [-0.25, -0.2) is 0 Å². The zero-order valence-corrected chi connectivity index (χ0v) is 11.3. The van der Waals surface area contributed by atoms with Gasteiger partial charge in [-0.3, -0.25) is 4.99 Å². The third-order valence-corrected chi connectivity index (χ3v) is 3.84. The zero-order valence-electron chi connectivity index (χ0n) is 11.3. The lowest BCUT2D eigenvalue weighted by Gasteiger charge is -2.21. The van der Waals surface area contributed by atoms with Gasteiger partial charge in [0.2, 0.25) is 5.82 Å². The van der Waals surface area contributed by atoms with Crippen molar-refractivity contribution < 1.29 is 0 Å². The average molecular weight is 260 g/mol. The quantitative estimate of drug-likeness (QED) is 0.867. The maximum absolute atomic E-state index is 4.52. The van der Waals surface area contributed by atoms with E-state index in [-0.39, 0.29) is 6.04 Å². The predicted octanol–water partition coefficient (Wildman–Crippen LogP) is 1.30. The topological polar surface area (TPSA) is 76.0 Å². The van der Waals surface area contributed by atoms with Crippen LogP contribution in [-0.2, 0) is 0 Å². The van der Waals surface area contributed by atoms with E-state index >= 15 is 0 Å². The number of rotatable bonds is 2. The summed E-state index contributed by atoms with van der Waals surface area (Å²) in [7, 11) is 0. The third kappa shape index (κ3) is 2.94. The lowest BCUT2D eigenvalue weighted by molar-refractivity contribution is 0.389. The third-order valence-electron chi connectivity index (χ3n) is 3.84. The standard InChI is InChI=1S/C13H20N6/c1-9-5-6-11(15-8-9)13-18-16-12(17-19-13)10-4-2-3-7-14-10/h9-10,14H,2-8H2,1H3. The van der Waals surface area contributed by atoms with Crippen LogP contribution < -0.4 is 5.32 Å². The summed E-state index contributed by atoms with van der Waals surface area (Å²) in [5.74, 6) is 1.98. The summed E-state index contributed by atoms with van der Waals surface area (Å²) in [6.07, 6.45) is 5.60. The van der Waals surface area contributed by atoms with Crippen LogP contribution in [0.2, 0.25) is 0 Å². The Hall–Kier alpha value is -1.43. The maximum Gasteiger partial charge on any atom is 0.217 e. The largest absolute Gasteiger partial charge is 0.307 e. The first-order chi connectivity index (χ1) is 9.33. The molecule has 1 aromatic rings. The molecule has 6 heteroatoms. The SMILES string of the molecule is CC1CCC(c2nnc(C3CCCCN3)nn2)=NC1. The molecule has 0 aliphatic carbocycles. The minimum absolute atomic E-state index is 0.219. The fourth-order valence-corrected chi connectivity index (χ4v) is 2.57. The van der Waals surface area contributed by atoms with E-state index in [9.17, 15) is 0 Å². The number of aliphatic imine (C=N–C) groups is 1. The van der Waals surface area contributed by atoms with Crippen LogP contribution >= 0.6 is 0 Å². The van der Waals surface area contributed by atoms with Crippen molar-refractivity contribution in [2.45, 2.75) is 45.1 Å². The maximum atomic E-state index is 4.52. The molecular weight excluding hydrogens is 240 g/mol. The predicted molar refractivity (Wildman–Crippen MR) is 72.0 cm³/mol. The molecule has 0 amide bonds. The van der Waals surface area contributed by atoms with Gasteiger partial charge in [-0.2, -0.15) is 0 Å². The summed E-state index contributed by atoms with van der Waals surface area (Å²) >= 11 is 0. The van der Waals surface area contributed by atoms with Crippen molar-refractivity contribution in [3.63, 3.8) is 0 Å². The van der Waals surface area contributed by atoms with Crippen LogP contribution in [-0.4, -0.2) is 39.2 Å². The summed E-state index contributed by atoms with van der Waals surface area (Å²) in [6, 6.07) is 0.219. The molecule has 0 radical (unpaired) electrons. The fourth-order valence-electron chi connectivity index (χ4n) is 2.57. The molecule has 2 aliphatic rings. The van der Waals surface area contributed by atoms with Crippen molar-refractivity contribution in [3.8, 4) is 0 Å². The van der Waals surface area contributed by atoms with E-state index in [1.165, 1.54) is 12.8 Å². The monoisotopic (exact) mass is 260 g/mol. The van der Waals surface area contributed by atoms with Crippen LogP contribution in [0, 0.1) is 5.92 Å². The highest BCUT2D eigenvalue weighted by Crippen LogP contribution is 2.19. The number of nitrogens with one attached hydrogen (secondary N) is 1. The second-order valence-electron chi connectivity index (χ2n) is 5.52. The van der Waals surface area contributed by atoms with E-state index in [4.69, 9.17) is 0 Å². The molecule has 0 bridgehead atoms. The van der Waals surface area contributed by atoms with Crippen LogP contribution in [0.3, 0.4) is 0 Å². The van der Waals surface area contributed by atoms with Gasteiger partial charge >= 0.3 is 0 Å². The first-order valence-corrected chi connectivity index (χ1v) is 7.17. The van der Waals surface area contributed by atoms with Crippen molar-refractivity contribution >= 4 is 5.71 Å². The second-order valence-corrected chi connectivity index (χ2v) is 5.52. The van der Waals surface area contributed by atoms with E-state index in [1.807, 2.05) is 0 Å². The van der Waals surface area contributed by atoms with Crippen molar-refractivity contribution in [1.29, 1.82) is 0 Å². The molecule has 2 atom stereocenters. The van der Waals surface area contributed by atoms with E-state index in [1.54, 1.807) is 0 Å². The Bertz CT molecular complexity index is 449. The van der Waals surface area contributed by atoms with E-state index < -0.39 is 0 Å². The van der Waals surface area contributed by atoms with Gasteiger partial charge < -0.3 is 5.32 Å². The minimum Gasteiger partial charge on any atom is -0.307 e. The van der Waals surface area contributed by atoms with Crippen molar-refractivity contribution in [2.24, 2.45) is 10.9 Å². The average Bonchev–Trinajstić information content (AvgIpc) is 2.49. The Labute approximate surface area is 113 Å². The van der Waals surface area contributed by atoms with Crippen LogP contribution in [0.5, 0.6) is 0 Å². The molecule has 0 aromatic carbocycles. The molecule has 3 heterocycles. The molecule has 19 heavy (non-hydrogen) atoms. The first-order valence-electron chi connectivity index (χ1n) is 7.17. The summed E-state index contributed by atoms with van der Waals surface area (Å²) in [5.41, 5.74) is 0.959. The molecule has 102 valence electrons. The molecule has 1 saturated heterocycles. The highest BCUT2D eigenvalue weighted by atomic mass is 15.3. The number of aromatic nitrogens is 4. The van der Waals surface area contributed by atoms with Gasteiger partial charge in [-0.1, -0.05) is 13.3 Å². The highest BCUT2D eigenvalue weighted by Gasteiger charge is 2.20. The lowest BCUT2D eigenvalue weighted by Crippen LogP contribution is -2.29. The Morgan fingerprint density at radius 3 is 2.53 bits per heavy atom. The molecule has 2 aliphatic heterocycles. The Morgan fingerprint density at radius 1 is 1.05 bits per heavy atom. The van der Waals surface area contributed by atoms with Crippen molar-refractivity contribution in [1.82, 2.24) is 25.7 Å². The number of hydrogen-bond donors (Lipinski definition) is 1. The van der Waals surface area contributed by atoms with Gasteiger partial charge in [0.15, 0.2) is 5.82 Å². The van der Waals surface area contributed by atoms with Gasteiger partial charge in [-0.15, -0.1) is 20.4 Å². The zero-order chi connectivity index (χ0) is 13.1. The molecular formula is C13H20N6. The van der Waals surface area contributed by atoms with E-state index in [2.05, 4.69) is 37.6 Å². The van der Waals surface area contributed by atoms with E-state index in [0.29, 0.717) is 17.6 Å². The van der Waals surface area contributed by atoms with Crippen molar-refractivity contribution in [2.75, 3.05) is 13.1 Å². The second kappa shape index (κ2) is 5.69. The Kier molecular flexibility index (Phi) is 3.77. The molecule has 1 N–H and O–H groups in total. The van der Waals surface area contributed by atoms with Crippen LogP contribution in [0.1, 0.15) is 56.7 Å². The van der Waals surface area contributed by atoms with E-state index in [0.717, 1.165) is 38.1 Å². The molecule has 0 spiro atoms. The Balaban J connectivity index is 1.71. The number of nitrogens with zero attached hydrogens (tertiary/aromatic N) is 5. The summed E-state index contributed by atoms with van der Waals surface area (Å²) in [6.45, 7) is 4.11. The van der Waals surface area contributed by atoms with Crippen LogP contribution in [0.4, 0.5) is 0 Å². The molecule has 1 fully saturated rings. The summed E-state index contributed by atoms with van der Waals surface area (Å²) < 4.78 is 0. The summed E-state index contributed by atoms with van der Waals surface area (Å²) in [5, 5.41) is 20.3.